The summed E-state index contributed by atoms with van der Waals surface area (Å²) in [6.07, 6.45) is 1.36. The number of nitrogens with zero attached hydrogens (tertiary/aromatic N) is 1. The van der Waals surface area contributed by atoms with E-state index in [9.17, 15) is 14.4 Å². The first-order valence-electron chi connectivity index (χ1n) is 10.7. The molecule has 0 bridgehead atoms. The number of ether oxygens (including phenoxy) is 2. The van der Waals surface area contributed by atoms with Crippen LogP contribution in [0.15, 0.2) is 71.8 Å². The molecule has 35 heavy (non-hydrogen) atoms. The van der Waals surface area contributed by atoms with Crippen molar-refractivity contribution in [2.45, 2.75) is 13.8 Å². The fraction of sp³-hybridized carbons (Fsp3) is 0.154. The number of rotatable bonds is 8. The van der Waals surface area contributed by atoms with Gasteiger partial charge in [-0.3, -0.25) is 14.4 Å². The smallest absolute Gasteiger partial charge is 0.329 e. The maximum Gasteiger partial charge on any atom is 0.329 e. The van der Waals surface area contributed by atoms with Crippen LogP contribution in [-0.2, 0) is 14.4 Å². The van der Waals surface area contributed by atoms with Gasteiger partial charge < -0.3 is 20.1 Å². The van der Waals surface area contributed by atoms with Crippen LogP contribution >= 0.6 is 0 Å². The van der Waals surface area contributed by atoms with Crippen molar-refractivity contribution in [1.82, 2.24) is 5.43 Å². The highest BCUT2D eigenvalue weighted by atomic mass is 16.5. The summed E-state index contributed by atoms with van der Waals surface area (Å²) in [5.74, 6) is -1.30. The summed E-state index contributed by atoms with van der Waals surface area (Å²) in [7, 11) is 1.47. The summed E-state index contributed by atoms with van der Waals surface area (Å²) in [5, 5.41) is 9.16. The van der Waals surface area contributed by atoms with Crippen LogP contribution in [0.3, 0.4) is 0 Å². The van der Waals surface area contributed by atoms with Gasteiger partial charge in [0.15, 0.2) is 18.1 Å². The van der Waals surface area contributed by atoms with Gasteiger partial charge in [0.25, 0.3) is 5.91 Å². The molecular formula is C26H26N4O5. The molecule has 9 heteroatoms. The number of benzene rings is 3. The van der Waals surface area contributed by atoms with E-state index in [0.717, 1.165) is 11.1 Å². The summed E-state index contributed by atoms with van der Waals surface area (Å²) in [6.45, 7) is 3.48. The third-order valence-electron chi connectivity index (χ3n) is 4.91. The van der Waals surface area contributed by atoms with Crippen molar-refractivity contribution in [3.8, 4) is 11.5 Å². The number of aryl methyl sites for hydroxylation is 2. The van der Waals surface area contributed by atoms with Gasteiger partial charge in [0.05, 0.1) is 13.3 Å². The Labute approximate surface area is 203 Å². The number of anilines is 2. The van der Waals surface area contributed by atoms with Crippen LogP contribution in [0.1, 0.15) is 16.7 Å². The molecule has 3 amide bonds. The fourth-order valence-electron chi connectivity index (χ4n) is 3.14. The second-order valence-corrected chi connectivity index (χ2v) is 7.53. The van der Waals surface area contributed by atoms with E-state index in [0.29, 0.717) is 28.4 Å². The molecule has 0 unspecified atom stereocenters. The van der Waals surface area contributed by atoms with Crippen molar-refractivity contribution in [2.75, 3.05) is 24.4 Å². The van der Waals surface area contributed by atoms with Crippen molar-refractivity contribution in [3.05, 3.63) is 83.4 Å². The number of para-hydroxylation sites is 2. The normalized spacial score (nSPS) is 10.5. The first-order valence-corrected chi connectivity index (χ1v) is 10.7. The minimum atomic E-state index is -0.903. The monoisotopic (exact) mass is 474 g/mol. The first-order chi connectivity index (χ1) is 16.9. The second-order valence-electron chi connectivity index (χ2n) is 7.53. The Morgan fingerprint density at radius 2 is 1.57 bits per heavy atom. The number of hydrazone groups is 1. The average Bonchev–Trinajstić information content (AvgIpc) is 2.85. The van der Waals surface area contributed by atoms with Crippen molar-refractivity contribution in [2.24, 2.45) is 5.10 Å². The van der Waals surface area contributed by atoms with Gasteiger partial charge in [0.1, 0.15) is 0 Å². The lowest BCUT2D eigenvalue weighted by Gasteiger charge is -2.11. The van der Waals surface area contributed by atoms with Crippen molar-refractivity contribution < 1.29 is 23.9 Å². The Hall–Kier alpha value is -4.66. The number of amides is 3. The predicted octanol–water partition coefficient (Wildman–Crippen LogP) is 3.42. The molecule has 0 heterocycles. The Balaban J connectivity index is 1.54. The van der Waals surface area contributed by atoms with Crippen LogP contribution in [0.25, 0.3) is 0 Å². The lowest BCUT2D eigenvalue weighted by atomic mass is 10.1. The van der Waals surface area contributed by atoms with E-state index in [1.807, 2.05) is 50.2 Å². The minimum absolute atomic E-state index is 0.204. The van der Waals surface area contributed by atoms with E-state index in [2.05, 4.69) is 21.2 Å². The zero-order valence-electron chi connectivity index (χ0n) is 19.6. The lowest BCUT2D eigenvalue weighted by molar-refractivity contribution is -0.136. The zero-order valence-corrected chi connectivity index (χ0v) is 19.6. The topological polar surface area (TPSA) is 118 Å². The molecule has 3 aromatic rings. The summed E-state index contributed by atoms with van der Waals surface area (Å²) < 4.78 is 10.9. The highest BCUT2D eigenvalue weighted by molar-refractivity contribution is 6.39. The number of carbonyl (C=O) groups is 3. The molecule has 0 aliphatic rings. The number of hydrogen-bond donors (Lipinski definition) is 3. The van der Waals surface area contributed by atoms with Gasteiger partial charge in [-0.2, -0.15) is 5.10 Å². The molecule has 3 rings (SSSR count). The minimum Gasteiger partial charge on any atom is -0.493 e. The lowest BCUT2D eigenvalue weighted by Crippen LogP contribution is -2.32. The molecule has 0 spiro atoms. The molecule has 3 N–H and O–H groups in total. The standard InChI is InChI=1S/C26H26N4O5/c1-17-8-7-9-18(2)24(17)29-25(32)26(33)30-27-15-19-12-13-21(22(14-19)34-3)35-16-23(31)28-20-10-5-4-6-11-20/h4-15H,16H2,1-3H3,(H,28,31)(H,29,32)(H,30,33)/b27-15-. The molecule has 3 aromatic carbocycles. The highest BCUT2D eigenvalue weighted by Gasteiger charge is 2.15. The summed E-state index contributed by atoms with van der Waals surface area (Å²) in [6, 6.07) is 19.5. The zero-order chi connectivity index (χ0) is 25.2. The molecule has 180 valence electrons. The van der Waals surface area contributed by atoms with Crippen LogP contribution in [0.4, 0.5) is 11.4 Å². The third-order valence-corrected chi connectivity index (χ3v) is 4.91. The maximum absolute atomic E-state index is 12.2. The highest BCUT2D eigenvalue weighted by Crippen LogP contribution is 2.27. The van der Waals surface area contributed by atoms with Gasteiger partial charge in [-0.25, -0.2) is 5.43 Å². The van der Waals surface area contributed by atoms with E-state index < -0.39 is 11.8 Å². The first kappa shape index (κ1) is 25.0. The largest absolute Gasteiger partial charge is 0.493 e. The molecule has 0 aliphatic carbocycles. The van der Waals surface area contributed by atoms with E-state index >= 15 is 0 Å². The van der Waals surface area contributed by atoms with Gasteiger partial charge in [0.2, 0.25) is 0 Å². The van der Waals surface area contributed by atoms with Crippen LogP contribution in [0, 0.1) is 13.8 Å². The fourth-order valence-corrected chi connectivity index (χ4v) is 3.14. The number of carbonyl (C=O) groups excluding carboxylic acids is 3. The molecule has 9 nitrogen and oxygen atoms in total. The molecule has 0 saturated heterocycles. The molecule has 0 radical (unpaired) electrons. The SMILES string of the molecule is COc1cc(/C=N\NC(=O)C(=O)Nc2c(C)cccc2C)ccc1OCC(=O)Nc1ccccc1. The molecule has 0 aromatic heterocycles. The Morgan fingerprint density at radius 1 is 0.857 bits per heavy atom. The van der Waals surface area contributed by atoms with E-state index in [4.69, 9.17) is 9.47 Å². The van der Waals surface area contributed by atoms with E-state index in [-0.39, 0.29) is 12.5 Å². The van der Waals surface area contributed by atoms with E-state index in [1.165, 1.54) is 13.3 Å². The van der Waals surface area contributed by atoms with Gasteiger partial charge in [0, 0.05) is 11.4 Å². The van der Waals surface area contributed by atoms with Crippen LogP contribution in [0.2, 0.25) is 0 Å². The molecule has 0 aliphatic heterocycles. The molecular weight excluding hydrogens is 448 g/mol. The summed E-state index contributed by atoms with van der Waals surface area (Å²) >= 11 is 0. The Kier molecular flexibility index (Phi) is 8.55. The number of nitrogens with one attached hydrogen (secondary N) is 3. The number of hydrogen-bond acceptors (Lipinski definition) is 6. The molecule has 0 saturated carbocycles. The molecule has 0 atom stereocenters. The predicted molar refractivity (Wildman–Crippen MR) is 134 cm³/mol. The van der Waals surface area contributed by atoms with Crippen molar-refractivity contribution in [3.63, 3.8) is 0 Å². The Morgan fingerprint density at radius 3 is 2.26 bits per heavy atom. The Bertz CT molecular complexity index is 1220. The van der Waals surface area contributed by atoms with Crippen molar-refractivity contribution in [1.29, 1.82) is 0 Å². The molecule has 0 fully saturated rings. The second kappa shape index (κ2) is 12.0. The third kappa shape index (κ3) is 7.16. The van der Waals surface area contributed by atoms with Crippen LogP contribution in [0.5, 0.6) is 11.5 Å². The van der Waals surface area contributed by atoms with E-state index in [1.54, 1.807) is 30.3 Å². The van der Waals surface area contributed by atoms with Crippen LogP contribution in [-0.4, -0.2) is 37.7 Å². The summed E-state index contributed by atoms with van der Waals surface area (Å²) in [4.78, 5) is 36.4. The van der Waals surface area contributed by atoms with Gasteiger partial charge in [-0.05, 0) is 60.9 Å². The van der Waals surface area contributed by atoms with Gasteiger partial charge in [-0.1, -0.05) is 36.4 Å². The van der Waals surface area contributed by atoms with Gasteiger partial charge >= 0.3 is 11.8 Å². The average molecular weight is 475 g/mol. The maximum atomic E-state index is 12.2. The van der Waals surface area contributed by atoms with Crippen molar-refractivity contribution >= 4 is 35.3 Å². The van der Waals surface area contributed by atoms with Crippen LogP contribution < -0.4 is 25.5 Å². The number of methoxy groups -OCH3 is 1. The summed E-state index contributed by atoms with van der Waals surface area (Å²) in [5.41, 5.74) is 5.74. The van der Waals surface area contributed by atoms with Gasteiger partial charge in [-0.15, -0.1) is 0 Å². The quantitative estimate of drug-likeness (QED) is 0.263.